The number of hydroxylamine groups is 4. The number of methoxy groups -OCH3 is 2. The maximum absolute atomic E-state index is 14.4. The second kappa shape index (κ2) is 40.2. The van der Waals surface area contributed by atoms with E-state index in [1.54, 1.807) is 50.3 Å². The van der Waals surface area contributed by atoms with Gasteiger partial charge in [-0.05, 0) is 211 Å². The Balaban J connectivity index is 0.000000196. The quantitative estimate of drug-likeness (QED) is 0.0193. The summed E-state index contributed by atoms with van der Waals surface area (Å²) >= 11 is 0. The smallest absolute Gasteiger partial charge is 0.335 e. The molecule has 4 bridgehead atoms. The number of hydrogen-bond acceptors (Lipinski definition) is 21. The number of carbonyl (C=O) groups excluding carboxylic acids is 3. The minimum Gasteiger partial charge on any atom is -0.496 e. The van der Waals surface area contributed by atoms with Crippen LogP contribution in [0.3, 0.4) is 0 Å². The second-order valence-corrected chi connectivity index (χ2v) is 37.5. The number of aliphatic hydroxyl groups excluding tert-OH is 6. The predicted molar refractivity (Wildman–Crippen MR) is 470 cm³/mol. The number of likely N-dealkylation sites (N-methyl/N-ethyl adjacent to an activating group) is 2. The summed E-state index contributed by atoms with van der Waals surface area (Å²) in [5, 5.41) is 86.0. The highest BCUT2D eigenvalue weighted by molar-refractivity contribution is 5.98. The van der Waals surface area contributed by atoms with Crippen molar-refractivity contribution in [3.8, 4) is 33.8 Å². The molecule has 0 radical (unpaired) electrons. The van der Waals surface area contributed by atoms with Crippen LogP contribution < -0.4 is 41.0 Å². The topological polar surface area (TPSA) is 328 Å². The number of anilines is 2. The van der Waals surface area contributed by atoms with Crippen LogP contribution >= 0.6 is 0 Å². The van der Waals surface area contributed by atoms with E-state index in [2.05, 4.69) is 120 Å². The fraction of sp³-hybridized carbons (Fsp3) is 0.583. The fourth-order valence-corrected chi connectivity index (χ4v) is 21.7. The molecule has 0 spiro atoms. The molecule has 121 heavy (non-hydrogen) atoms. The number of fused-ring (bicyclic) bond motifs is 4. The van der Waals surface area contributed by atoms with Crippen LogP contribution in [0.5, 0.6) is 11.5 Å². The van der Waals surface area contributed by atoms with Gasteiger partial charge in [-0.1, -0.05) is 139 Å². The number of carboxylic acids is 1. The van der Waals surface area contributed by atoms with Crippen LogP contribution in [0.15, 0.2) is 133 Å². The summed E-state index contributed by atoms with van der Waals surface area (Å²) in [6.45, 7) is 19.7. The summed E-state index contributed by atoms with van der Waals surface area (Å²) in [6, 6.07) is 41.3. The number of aromatic carboxylic acids is 1. The largest absolute Gasteiger partial charge is 0.496 e. The van der Waals surface area contributed by atoms with Gasteiger partial charge in [-0.25, -0.2) is 4.79 Å². The molecule has 10 fully saturated rings. The van der Waals surface area contributed by atoms with Gasteiger partial charge in [0.1, 0.15) is 35.8 Å². The van der Waals surface area contributed by atoms with Crippen LogP contribution in [0.2, 0.25) is 0 Å². The van der Waals surface area contributed by atoms with Gasteiger partial charge in [0, 0.05) is 101 Å². The van der Waals surface area contributed by atoms with Gasteiger partial charge < -0.3 is 86.5 Å². The minimum atomic E-state index is -1.06. The number of aliphatic hydroxyl groups is 6. The summed E-state index contributed by atoms with van der Waals surface area (Å²) in [4.78, 5) is 76.0. The van der Waals surface area contributed by atoms with Crippen LogP contribution in [-0.4, -0.2) is 247 Å². The summed E-state index contributed by atoms with van der Waals surface area (Å²) in [5.41, 5.74) is 15.4. The molecule has 10 aliphatic rings. The number of nitrogens with zero attached hydrogens (tertiary/aromatic N) is 6. The van der Waals surface area contributed by atoms with E-state index in [9.17, 15) is 54.9 Å². The lowest BCUT2D eigenvalue weighted by atomic mass is 9.45. The zero-order chi connectivity index (χ0) is 87.1. The number of nitrogens with one attached hydrogen (secondary N) is 3. The van der Waals surface area contributed by atoms with Crippen molar-refractivity contribution in [1.82, 2.24) is 35.9 Å². The molecule has 20 atom stereocenters. The van der Waals surface area contributed by atoms with E-state index in [1.807, 2.05) is 107 Å². The van der Waals surface area contributed by atoms with Gasteiger partial charge in [0.05, 0.1) is 83.6 Å². The average molecular weight is 1670 g/mol. The Morgan fingerprint density at radius 2 is 0.975 bits per heavy atom. The number of rotatable bonds is 31. The van der Waals surface area contributed by atoms with E-state index in [-0.39, 0.29) is 110 Å². The molecule has 16 rings (SSSR count). The van der Waals surface area contributed by atoms with Crippen LogP contribution in [0.25, 0.3) is 22.3 Å². The lowest BCUT2D eigenvalue weighted by Crippen LogP contribution is -2.62. The Morgan fingerprint density at radius 1 is 0.554 bits per heavy atom. The van der Waals surface area contributed by atoms with Gasteiger partial charge in [0.2, 0.25) is 11.8 Å². The highest BCUT2D eigenvalue weighted by atomic mass is 16.7. The number of carbonyl (C=O) groups is 4. The molecule has 12 N–H and O–H groups in total. The highest BCUT2D eigenvalue weighted by Gasteiger charge is 2.60. The van der Waals surface area contributed by atoms with Gasteiger partial charge >= 0.3 is 5.97 Å². The standard InChI is InChI=1S/C48H67N5O7.C37H51N3O8.C11H18N2/c1-29-40-23-35(48(40,3)4)24-41(29)50-47(58)44-43(30(2)56)42(28-55)60-53(44)25-32-15-11-17-39(45(32)59-7)33-20-34(22-38(21-33)52-18-12-16-37(52)27-54)46(57)49-36(26-51(5)6)19-31-13-9-8-10-14-31;1-20-29-15-25(37(29,3)4)16-30(20)38-35(44)33-32(21(2)43)31(19-42)48-40(33)17-22-8-6-10-28(34(22)47-5)23-12-24(36(45)46)14-27(13-23)39-11-7-9-26(39)18-41;1-13(2)9-11(12)8-10-6-4-3-5-7-10/h8-11,13-15,17,20-22,29-30,35-37,40-44,54-56H,12,16,18-19,23-28H2,1-7H3,(H,49,57)(H,50,58);6,8,10,12-14,20-21,25-26,29-33,41-43H,7,9,11,15-19H2,1-5H3,(H,38,44)(H,45,46);3-7,11H,8-9,12H2,1-2H3/t29-,30-,35+,36-,37+,40-,41-,42-,43+,44-;20-,21-,25+,26+,29-,30-,31-,32+,33-;11-/m000/s1. The van der Waals surface area contributed by atoms with E-state index in [0.29, 0.717) is 82.2 Å². The Hall–Kier alpha value is -8.12. The third kappa shape index (κ3) is 20.6. The van der Waals surface area contributed by atoms with Crippen LogP contribution in [-0.2, 0) is 45.2 Å². The van der Waals surface area contributed by atoms with Gasteiger partial charge in [-0.3, -0.25) is 24.1 Å². The number of benzene rings is 6. The molecule has 25 nitrogen and oxygen atoms in total. The van der Waals surface area contributed by atoms with Crippen molar-refractivity contribution in [2.75, 3.05) is 105 Å². The lowest BCUT2D eigenvalue weighted by molar-refractivity contribution is -0.183. The van der Waals surface area contributed by atoms with Gasteiger partial charge in [-0.2, -0.15) is 10.1 Å². The number of hydrogen-bond donors (Lipinski definition) is 11. The van der Waals surface area contributed by atoms with Gasteiger partial charge in [0.25, 0.3) is 5.91 Å². The zero-order valence-corrected chi connectivity index (χ0v) is 73.5. The molecule has 4 aliphatic heterocycles. The van der Waals surface area contributed by atoms with E-state index in [0.717, 1.165) is 98.2 Å². The van der Waals surface area contributed by atoms with E-state index < -0.39 is 54.3 Å². The molecule has 660 valence electrons. The molecule has 4 heterocycles. The predicted octanol–water partition coefficient (Wildman–Crippen LogP) is 9.69. The van der Waals surface area contributed by atoms with E-state index in [4.69, 9.17) is 24.9 Å². The molecule has 4 saturated heterocycles. The van der Waals surface area contributed by atoms with Crippen molar-refractivity contribution >= 4 is 35.1 Å². The summed E-state index contributed by atoms with van der Waals surface area (Å²) < 4.78 is 12.1. The number of carboxylic acid groups (broad SMARTS) is 1. The number of ether oxygens (including phenoxy) is 2. The molecule has 6 aliphatic carbocycles. The number of nitrogens with two attached hydrogens (primary N) is 1. The summed E-state index contributed by atoms with van der Waals surface area (Å²) in [6.07, 6.45) is 5.98. The highest BCUT2D eigenvalue weighted by Crippen LogP contribution is 2.62. The Morgan fingerprint density at radius 3 is 1.36 bits per heavy atom. The van der Waals surface area contributed by atoms with E-state index >= 15 is 0 Å². The van der Waals surface area contributed by atoms with Crippen LogP contribution in [0.1, 0.15) is 150 Å². The van der Waals surface area contributed by atoms with Gasteiger partial charge in [-0.15, -0.1) is 0 Å². The molecule has 25 heteroatoms. The molecule has 3 amide bonds. The summed E-state index contributed by atoms with van der Waals surface area (Å²) in [7, 11) is 11.3. The average Bonchev–Trinajstić information content (AvgIpc) is 1.11. The van der Waals surface area contributed by atoms with Crippen molar-refractivity contribution in [2.45, 2.75) is 205 Å². The van der Waals surface area contributed by atoms with Crippen molar-refractivity contribution in [2.24, 2.45) is 63.9 Å². The molecular formula is C96H136N10O15. The Labute approximate surface area is 716 Å². The maximum Gasteiger partial charge on any atom is 0.335 e. The maximum atomic E-state index is 14.4. The minimum absolute atomic E-state index is 0.0121. The molecular weight excluding hydrogens is 1530 g/mol. The van der Waals surface area contributed by atoms with Crippen LogP contribution in [0, 0.1) is 58.2 Å². The third-order valence-electron chi connectivity index (χ3n) is 28.4. The third-order valence-corrected chi connectivity index (χ3v) is 28.4. The fourth-order valence-electron chi connectivity index (χ4n) is 21.7. The first-order chi connectivity index (χ1) is 57.8. The van der Waals surface area contributed by atoms with E-state index in [1.165, 1.54) is 18.4 Å². The van der Waals surface area contributed by atoms with Crippen molar-refractivity contribution < 1.29 is 74.1 Å². The molecule has 6 aromatic rings. The first-order valence-electron chi connectivity index (χ1n) is 43.9. The lowest BCUT2D eigenvalue weighted by Gasteiger charge is -2.62. The summed E-state index contributed by atoms with van der Waals surface area (Å²) in [5.74, 6) is 0.882. The SMILES string of the molecule is CN(C)C[C@@H](N)Cc1ccccc1.COc1c(CN2O[C@@H](CO)[C@@H]([C@H](C)O)[C@H]2C(=O)N[C@H]2C[C@H]3C[C@@H]([C@@H]2C)C3(C)C)cccc1-c1cc(C(=O)N[C@@H](Cc2ccccc2)CN(C)C)cc(N2CCC[C@@H]2CO)c1.COc1c(CN2O[C@@H](CO)[C@@H]([C@H](C)O)[C@H]2C(=O)N[C@H]2C[C@H]3C[C@@H]([C@@H]2C)C3(C)C)cccc1-c1cc(C(=O)O)cc(N2CCC[C@@H]2CO)c1. The first-order valence-corrected chi connectivity index (χ1v) is 43.9. The molecule has 0 aromatic heterocycles. The second-order valence-electron chi connectivity index (χ2n) is 37.5. The number of para-hydroxylation sites is 2. The molecule has 6 aromatic carbocycles. The molecule has 0 unspecified atom stereocenters. The van der Waals surface area contributed by atoms with Crippen molar-refractivity contribution in [3.05, 3.63) is 167 Å². The molecule has 6 saturated carbocycles. The van der Waals surface area contributed by atoms with Gasteiger partial charge in [0.15, 0.2) is 0 Å². The van der Waals surface area contributed by atoms with Crippen LogP contribution in [0.4, 0.5) is 11.4 Å². The normalized spacial score (nSPS) is 28.0. The van der Waals surface area contributed by atoms with Crippen molar-refractivity contribution in [3.63, 3.8) is 0 Å². The Kier molecular flexibility index (Phi) is 30.6. The Bertz CT molecular complexity index is 4460. The zero-order valence-electron chi connectivity index (χ0n) is 73.5. The monoisotopic (exact) mass is 1670 g/mol. The number of amides is 3. The first kappa shape index (κ1) is 92.1. The van der Waals surface area contributed by atoms with Crippen molar-refractivity contribution in [1.29, 1.82) is 0 Å².